The van der Waals surface area contributed by atoms with Gasteiger partial charge in [0, 0.05) is 6.20 Å². The second kappa shape index (κ2) is 3.66. The molecule has 0 fully saturated rings. The average Bonchev–Trinajstić information content (AvgIpc) is 2.04. The first-order valence-electron chi connectivity index (χ1n) is 3.56. The Morgan fingerprint density at radius 2 is 2.23 bits per heavy atom. The van der Waals surface area contributed by atoms with Gasteiger partial charge in [-0.05, 0) is 24.6 Å². The fraction of sp³-hybridized carbons (Fsp3) is 0.125. The van der Waals surface area contributed by atoms with E-state index >= 15 is 0 Å². The van der Waals surface area contributed by atoms with E-state index in [4.69, 9.17) is 5.11 Å². The second-order valence-electron chi connectivity index (χ2n) is 2.48. The molecule has 1 aromatic heterocycles. The highest BCUT2D eigenvalue weighted by molar-refractivity contribution is 6.36. The molecule has 13 heavy (non-hydrogen) atoms. The van der Waals surface area contributed by atoms with E-state index in [9.17, 15) is 9.59 Å². The number of carboxylic acids is 1. The molecule has 0 bridgehead atoms. The third-order valence-electron chi connectivity index (χ3n) is 1.35. The molecule has 5 heteroatoms. The number of amides is 1. The number of nitrogens with zero attached hydrogens (tertiary/aromatic N) is 1. The van der Waals surface area contributed by atoms with Crippen LogP contribution in [0.5, 0.6) is 0 Å². The summed E-state index contributed by atoms with van der Waals surface area (Å²) in [4.78, 5) is 24.6. The Balaban J connectivity index is 2.75. The van der Waals surface area contributed by atoms with Crippen LogP contribution in [0.3, 0.4) is 0 Å². The van der Waals surface area contributed by atoms with E-state index in [1.807, 2.05) is 6.92 Å². The summed E-state index contributed by atoms with van der Waals surface area (Å²) < 4.78 is 0. The lowest BCUT2D eigenvalue weighted by atomic mass is 10.3. The number of hydrogen-bond donors (Lipinski definition) is 2. The predicted molar refractivity (Wildman–Crippen MR) is 45.2 cm³/mol. The van der Waals surface area contributed by atoms with Gasteiger partial charge in [-0.2, -0.15) is 0 Å². The summed E-state index contributed by atoms with van der Waals surface area (Å²) in [6.45, 7) is 1.82. The quantitative estimate of drug-likeness (QED) is 0.613. The fourth-order valence-corrected chi connectivity index (χ4v) is 0.774. The number of aryl methyl sites for hydroxylation is 1. The molecular weight excluding hydrogens is 172 g/mol. The molecule has 0 aliphatic rings. The number of carboxylic acid groups (broad SMARTS) is 1. The van der Waals surface area contributed by atoms with Crippen molar-refractivity contribution >= 4 is 17.7 Å². The van der Waals surface area contributed by atoms with Gasteiger partial charge in [0.25, 0.3) is 0 Å². The van der Waals surface area contributed by atoms with Crippen LogP contribution < -0.4 is 5.32 Å². The van der Waals surface area contributed by atoms with Crippen molar-refractivity contribution in [1.29, 1.82) is 0 Å². The molecular formula is C8H8N2O3. The number of nitrogens with one attached hydrogen (secondary N) is 1. The standard InChI is InChI=1S/C8H8N2O3/c1-5-2-3-9-6(4-5)10-7(11)8(12)13/h2-4H,1H3,(H,12,13)(H,9,10,11). The molecule has 0 saturated heterocycles. The van der Waals surface area contributed by atoms with Gasteiger partial charge in [0.05, 0.1) is 0 Å². The van der Waals surface area contributed by atoms with Gasteiger partial charge in [0.2, 0.25) is 0 Å². The summed E-state index contributed by atoms with van der Waals surface area (Å²) >= 11 is 0. The van der Waals surface area contributed by atoms with Gasteiger partial charge < -0.3 is 10.4 Å². The van der Waals surface area contributed by atoms with E-state index in [1.54, 1.807) is 12.1 Å². The van der Waals surface area contributed by atoms with E-state index in [2.05, 4.69) is 10.3 Å². The van der Waals surface area contributed by atoms with E-state index in [1.165, 1.54) is 6.20 Å². The molecule has 0 radical (unpaired) electrons. The molecule has 1 amide bonds. The van der Waals surface area contributed by atoms with Crippen LogP contribution in [0.4, 0.5) is 5.82 Å². The molecule has 68 valence electrons. The summed E-state index contributed by atoms with van der Waals surface area (Å²) in [7, 11) is 0. The number of anilines is 1. The van der Waals surface area contributed by atoms with Crippen LogP contribution in [0.2, 0.25) is 0 Å². The Morgan fingerprint density at radius 3 is 2.77 bits per heavy atom. The van der Waals surface area contributed by atoms with E-state index in [0.29, 0.717) is 0 Å². The molecule has 0 aliphatic heterocycles. The van der Waals surface area contributed by atoms with Crippen molar-refractivity contribution < 1.29 is 14.7 Å². The third kappa shape index (κ3) is 2.55. The summed E-state index contributed by atoms with van der Waals surface area (Å²) in [5.74, 6) is -2.37. The van der Waals surface area contributed by atoms with Crippen LogP contribution in [0, 0.1) is 6.92 Å². The second-order valence-corrected chi connectivity index (χ2v) is 2.48. The predicted octanol–water partition coefficient (Wildman–Crippen LogP) is 0.413. The van der Waals surface area contributed by atoms with Crippen LogP contribution in [0.15, 0.2) is 18.3 Å². The number of carbonyl (C=O) groups excluding carboxylic acids is 1. The van der Waals surface area contributed by atoms with Crippen molar-refractivity contribution in [3.05, 3.63) is 23.9 Å². The maximum Gasteiger partial charge on any atom is 0.394 e. The summed E-state index contributed by atoms with van der Waals surface area (Å²) in [6.07, 6.45) is 1.49. The van der Waals surface area contributed by atoms with Gasteiger partial charge >= 0.3 is 11.9 Å². The van der Waals surface area contributed by atoms with Crippen LogP contribution in [-0.4, -0.2) is 22.0 Å². The van der Waals surface area contributed by atoms with E-state index in [0.717, 1.165) is 5.56 Å². The number of carbonyl (C=O) groups is 2. The minimum Gasteiger partial charge on any atom is -0.474 e. The third-order valence-corrected chi connectivity index (χ3v) is 1.35. The van der Waals surface area contributed by atoms with Gasteiger partial charge in [-0.1, -0.05) is 0 Å². The Labute approximate surface area is 74.4 Å². The maximum atomic E-state index is 10.7. The Kier molecular flexibility index (Phi) is 2.59. The summed E-state index contributed by atoms with van der Waals surface area (Å²) in [5, 5.41) is 10.4. The van der Waals surface area contributed by atoms with Crippen molar-refractivity contribution in [2.75, 3.05) is 5.32 Å². The molecule has 5 nitrogen and oxygen atoms in total. The topological polar surface area (TPSA) is 79.3 Å². The number of hydrogen-bond acceptors (Lipinski definition) is 3. The van der Waals surface area contributed by atoms with Crippen LogP contribution >= 0.6 is 0 Å². The molecule has 0 atom stereocenters. The Morgan fingerprint density at radius 1 is 1.54 bits per heavy atom. The molecule has 0 saturated carbocycles. The van der Waals surface area contributed by atoms with Gasteiger partial charge in [0.1, 0.15) is 5.82 Å². The molecule has 1 rings (SSSR count). The molecule has 0 unspecified atom stereocenters. The van der Waals surface area contributed by atoms with Crippen LogP contribution in [0.25, 0.3) is 0 Å². The first-order chi connectivity index (χ1) is 6.09. The maximum absolute atomic E-state index is 10.7. The number of aromatic nitrogens is 1. The molecule has 2 N–H and O–H groups in total. The van der Waals surface area contributed by atoms with Gasteiger partial charge in [-0.3, -0.25) is 4.79 Å². The van der Waals surface area contributed by atoms with Crippen molar-refractivity contribution in [3.63, 3.8) is 0 Å². The zero-order valence-electron chi connectivity index (χ0n) is 6.94. The van der Waals surface area contributed by atoms with Crippen molar-refractivity contribution in [1.82, 2.24) is 4.98 Å². The van der Waals surface area contributed by atoms with Crippen LogP contribution in [0.1, 0.15) is 5.56 Å². The lowest BCUT2D eigenvalue weighted by Gasteiger charge is -2.00. The minimum atomic E-state index is -1.52. The van der Waals surface area contributed by atoms with Crippen molar-refractivity contribution in [3.8, 4) is 0 Å². The molecule has 0 spiro atoms. The molecule has 0 aliphatic carbocycles. The van der Waals surface area contributed by atoms with Crippen molar-refractivity contribution in [2.45, 2.75) is 6.92 Å². The number of aliphatic carboxylic acids is 1. The molecule has 1 heterocycles. The summed E-state index contributed by atoms with van der Waals surface area (Å²) in [5.41, 5.74) is 0.899. The van der Waals surface area contributed by atoms with E-state index < -0.39 is 11.9 Å². The van der Waals surface area contributed by atoms with Gasteiger partial charge in [0.15, 0.2) is 0 Å². The lowest BCUT2D eigenvalue weighted by Crippen LogP contribution is -2.22. The SMILES string of the molecule is Cc1ccnc(NC(=O)C(=O)O)c1. The van der Waals surface area contributed by atoms with Gasteiger partial charge in [-0.15, -0.1) is 0 Å². The highest BCUT2D eigenvalue weighted by Crippen LogP contribution is 2.04. The molecule has 0 aromatic carbocycles. The van der Waals surface area contributed by atoms with E-state index in [-0.39, 0.29) is 5.82 Å². The minimum absolute atomic E-state index is 0.243. The summed E-state index contributed by atoms with van der Waals surface area (Å²) in [6, 6.07) is 3.33. The number of rotatable bonds is 1. The smallest absolute Gasteiger partial charge is 0.394 e. The largest absolute Gasteiger partial charge is 0.474 e. The van der Waals surface area contributed by atoms with Crippen molar-refractivity contribution in [2.24, 2.45) is 0 Å². The Bertz CT molecular complexity index is 349. The zero-order chi connectivity index (χ0) is 9.84. The Hall–Kier alpha value is -1.91. The lowest BCUT2D eigenvalue weighted by molar-refractivity contribution is -0.147. The highest BCUT2D eigenvalue weighted by atomic mass is 16.4. The normalized spacial score (nSPS) is 9.31. The first kappa shape index (κ1) is 9.18. The fourth-order valence-electron chi connectivity index (χ4n) is 0.774. The first-order valence-corrected chi connectivity index (χ1v) is 3.56. The average molecular weight is 180 g/mol. The number of pyridine rings is 1. The molecule has 1 aromatic rings. The monoisotopic (exact) mass is 180 g/mol. The van der Waals surface area contributed by atoms with Gasteiger partial charge in [-0.25, -0.2) is 9.78 Å². The zero-order valence-corrected chi connectivity index (χ0v) is 6.94. The highest BCUT2D eigenvalue weighted by Gasteiger charge is 2.11. The van der Waals surface area contributed by atoms with Crippen LogP contribution in [-0.2, 0) is 9.59 Å².